The Bertz CT molecular complexity index is 781. The average Bonchev–Trinajstić information content (AvgIpc) is 2.98. The maximum atomic E-state index is 10.3. The van der Waals surface area contributed by atoms with Crippen LogP contribution in [0.1, 0.15) is 123 Å². The van der Waals surface area contributed by atoms with Crippen molar-refractivity contribution in [2.24, 2.45) is 0 Å². The third kappa shape index (κ3) is 47.2. The summed E-state index contributed by atoms with van der Waals surface area (Å²) in [4.78, 5) is 20.6. The van der Waals surface area contributed by atoms with Crippen molar-refractivity contribution < 1.29 is 19.8 Å². The zero-order chi connectivity index (χ0) is 31.9. The van der Waals surface area contributed by atoms with Crippen molar-refractivity contribution >= 4 is 35.5 Å². The number of aliphatic carboxylic acids is 2. The lowest BCUT2D eigenvalue weighted by molar-refractivity contribution is -0.138. The molecule has 0 saturated carbocycles. The van der Waals surface area contributed by atoms with Gasteiger partial charge in [-0.2, -0.15) is 23.5 Å². The van der Waals surface area contributed by atoms with Crippen LogP contribution in [0.5, 0.6) is 0 Å². The highest BCUT2D eigenvalue weighted by molar-refractivity contribution is 7.99. The van der Waals surface area contributed by atoms with E-state index in [2.05, 4.69) is 86.8 Å². The van der Waals surface area contributed by atoms with Crippen LogP contribution in [0.2, 0.25) is 0 Å². The van der Waals surface area contributed by atoms with Crippen molar-refractivity contribution in [1.82, 2.24) is 0 Å². The van der Waals surface area contributed by atoms with Crippen molar-refractivity contribution in [2.75, 3.05) is 23.0 Å². The van der Waals surface area contributed by atoms with E-state index in [1.165, 1.54) is 64.2 Å². The van der Waals surface area contributed by atoms with Gasteiger partial charge in [-0.3, -0.25) is 9.59 Å². The fourth-order valence-corrected chi connectivity index (χ4v) is 5.04. The van der Waals surface area contributed by atoms with Crippen LogP contribution in [0.15, 0.2) is 72.9 Å². The summed E-state index contributed by atoms with van der Waals surface area (Å²) >= 11 is 3.80. The van der Waals surface area contributed by atoms with Crippen LogP contribution in [0.25, 0.3) is 0 Å². The van der Waals surface area contributed by atoms with Gasteiger partial charge in [-0.1, -0.05) is 125 Å². The van der Waals surface area contributed by atoms with E-state index in [1.54, 1.807) is 0 Å². The van der Waals surface area contributed by atoms with Gasteiger partial charge >= 0.3 is 11.9 Å². The molecule has 43 heavy (non-hydrogen) atoms. The van der Waals surface area contributed by atoms with Crippen LogP contribution in [0.4, 0.5) is 0 Å². The van der Waals surface area contributed by atoms with E-state index in [9.17, 15) is 9.59 Å². The number of carbonyl (C=O) groups is 2. The third-order valence-corrected chi connectivity index (χ3v) is 7.95. The first-order valence-corrected chi connectivity index (χ1v) is 18.9. The van der Waals surface area contributed by atoms with Gasteiger partial charge in [0.15, 0.2) is 0 Å². The SMILES string of the molecule is CCCCCCC=CC=CCSCC=CCCCC(=O)O.CCCCCCC=CC=CCSCCC=CCCCC(=O)O. The number of hydrogen-bond donors (Lipinski definition) is 2. The second-order valence-electron chi connectivity index (χ2n) is 10.3. The van der Waals surface area contributed by atoms with Crippen molar-refractivity contribution in [3.8, 4) is 0 Å². The Morgan fingerprint density at radius 2 is 0.884 bits per heavy atom. The molecule has 2 N–H and O–H groups in total. The third-order valence-electron chi connectivity index (χ3n) is 6.14. The maximum absolute atomic E-state index is 10.3. The van der Waals surface area contributed by atoms with Gasteiger partial charge in [0.2, 0.25) is 0 Å². The molecule has 0 rings (SSSR count). The highest BCUT2D eigenvalue weighted by Crippen LogP contribution is 2.07. The molecule has 0 aromatic heterocycles. The van der Waals surface area contributed by atoms with Gasteiger partial charge in [0.25, 0.3) is 0 Å². The van der Waals surface area contributed by atoms with Gasteiger partial charge in [0, 0.05) is 30.1 Å². The minimum atomic E-state index is -0.707. The van der Waals surface area contributed by atoms with Crippen LogP contribution >= 0.6 is 23.5 Å². The largest absolute Gasteiger partial charge is 0.481 e. The van der Waals surface area contributed by atoms with E-state index in [-0.39, 0.29) is 12.8 Å². The van der Waals surface area contributed by atoms with Crippen LogP contribution in [0.3, 0.4) is 0 Å². The average molecular weight is 635 g/mol. The highest BCUT2D eigenvalue weighted by atomic mass is 32.2. The molecule has 0 aromatic rings. The number of unbranched alkanes of at least 4 members (excludes halogenated alkanes) is 10. The molecule has 0 aliphatic rings. The van der Waals surface area contributed by atoms with E-state index >= 15 is 0 Å². The van der Waals surface area contributed by atoms with Crippen molar-refractivity contribution in [3.63, 3.8) is 0 Å². The van der Waals surface area contributed by atoms with E-state index < -0.39 is 11.9 Å². The van der Waals surface area contributed by atoms with E-state index in [0.29, 0.717) is 0 Å². The van der Waals surface area contributed by atoms with Gasteiger partial charge in [-0.05, 0) is 63.5 Å². The molecule has 6 heteroatoms. The number of thioether (sulfide) groups is 2. The number of hydrogen-bond acceptors (Lipinski definition) is 4. The predicted molar refractivity (Wildman–Crippen MR) is 195 cm³/mol. The first-order valence-electron chi connectivity index (χ1n) is 16.6. The summed E-state index contributed by atoms with van der Waals surface area (Å²) in [7, 11) is 0. The molecule has 0 atom stereocenters. The molecule has 0 amide bonds. The molecule has 0 radical (unpaired) electrons. The van der Waals surface area contributed by atoms with Crippen LogP contribution in [0, 0.1) is 0 Å². The summed E-state index contributed by atoms with van der Waals surface area (Å²) in [6.07, 6.45) is 43.8. The molecule has 0 saturated heterocycles. The molecule has 246 valence electrons. The number of allylic oxidation sites excluding steroid dienone is 9. The summed E-state index contributed by atoms with van der Waals surface area (Å²) in [5, 5.41) is 17.0. The van der Waals surface area contributed by atoms with Crippen molar-refractivity contribution in [3.05, 3.63) is 72.9 Å². The second-order valence-corrected chi connectivity index (χ2v) is 12.6. The molecule has 0 heterocycles. The topological polar surface area (TPSA) is 74.6 Å². The Kier molecular flexibility index (Phi) is 40.3. The van der Waals surface area contributed by atoms with E-state index in [0.717, 1.165) is 55.1 Å². The Morgan fingerprint density at radius 3 is 1.40 bits per heavy atom. The smallest absolute Gasteiger partial charge is 0.303 e. The Hall–Kier alpha value is -1.92. The van der Waals surface area contributed by atoms with Gasteiger partial charge in [-0.25, -0.2) is 0 Å². The monoisotopic (exact) mass is 634 g/mol. The van der Waals surface area contributed by atoms with Crippen LogP contribution in [-0.4, -0.2) is 45.2 Å². The van der Waals surface area contributed by atoms with Crippen molar-refractivity contribution in [1.29, 1.82) is 0 Å². The molecule has 0 fully saturated rings. The fourth-order valence-electron chi connectivity index (χ4n) is 3.67. The normalized spacial score (nSPS) is 12.0. The minimum absolute atomic E-state index is 0.269. The zero-order valence-corrected chi connectivity index (χ0v) is 28.9. The van der Waals surface area contributed by atoms with Gasteiger partial charge < -0.3 is 10.2 Å². The van der Waals surface area contributed by atoms with E-state index in [1.807, 2.05) is 23.5 Å². The maximum Gasteiger partial charge on any atom is 0.303 e. The predicted octanol–water partition coefficient (Wildman–Crippen LogP) is 11.6. The lowest BCUT2D eigenvalue weighted by atomic mass is 10.1. The lowest BCUT2D eigenvalue weighted by Crippen LogP contribution is -1.92. The second kappa shape index (κ2) is 40.1. The molecule has 4 nitrogen and oxygen atoms in total. The Balaban J connectivity index is 0. The summed E-state index contributed by atoms with van der Waals surface area (Å²) in [5.74, 6) is 2.80. The standard InChI is InChI=1S/C19H32O2S.C18H30O2S/c1-2-3-4-5-6-7-8-11-14-17-22-18-15-12-9-10-13-16-19(20)21;1-2-3-4-5-6-7-8-10-13-16-21-17-14-11-9-12-15-18(19)20/h7-9,11-12,14H,2-6,10,13,15-18H2,1H3,(H,20,21);7-8,10-11,13-14H,2-6,9,12,15-17H2,1H3,(H,19,20). The Morgan fingerprint density at radius 1 is 0.465 bits per heavy atom. The zero-order valence-electron chi connectivity index (χ0n) is 27.3. The minimum Gasteiger partial charge on any atom is -0.481 e. The molecular formula is C37H62O4S2. The number of rotatable bonds is 29. The number of carboxylic acid groups (broad SMARTS) is 2. The quantitative estimate of drug-likeness (QED) is 0.0484. The molecular weight excluding hydrogens is 573 g/mol. The van der Waals surface area contributed by atoms with Gasteiger partial charge in [0.1, 0.15) is 0 Å². The molecule has 0 bridgehead atoms. The molecule has 0 aliphatic heterocycles. The molecule has 0 spiro atoms. The summed E-state index contributed by atoms with van der Waals surface area (Å²) < 4.78 is 0. The molecule has 0 aromatic carbocycles. The first kappa shape index (κ1) is 43.2. The van der Waals surface area contributed by atoms with Gasteiger partial charge in [0.05, 0.1) is 0 Å². The van der Waals surface area contributed by atoms with E-state index in [4.69, 9.17) is 10.2 Å². The van der Waals surface area contributed by atoms with Crippen LogP contribution < -0.4 is 0 Å². The fraction of sp³-hybridized carbons (Fsp3) is 0.622. The summed E-state index contributed by atoms with van der Waals surface area (Å²) in [6, 6.07) is 0. The first-order chi connectivity index (χ1) is 21.0. The van der Waals surface area contributed by atoms with Crippen LogP contribution in [-0.2, 0) is 9.59 Å². The summed E-state index contributed by atoms with van der Waals surface area (Å²) in [5.41, 5.74) is 0. The number of carboxylic acids is 2. The highest BCUT2D eigenvalue weighted by Gasteiger charge is 1.94. The van der Waals surface area contributed by atoms with Crippen molar-refractivity contribution in [2.45, 2.75) is 123 Å². The lowest BCUT2D eigenvalue weighted by Gasteiger charge is -1.94. The molecule has 0 aliphatic carbocycles. The Labute approximate surface area is 273 Å². The van der Waals surface area contributed by atoms with Gasteiger partial charge in [-0.15, -0.1) is 0 Å². The summed E-state index contributed by atoms with van der Waals surface area (Å²) in [6.45, 7) is 4.48. The molecule has 0 unspecified atom stereocenters.